The van der Waals surface area contributed by atoms with Crippen LogP contribution in [0.25, 0.3) is 10.9 Å². The summed E-state index contributed by atoms with van der Waals surface area (Å²) in [5, 5.41) is 18.0. The van der Waals surface area contributed by atoms with Gasteiger partial charge in [-0.3, -0.25) is 9.48 Å². The number of aromatic nitrogens is 3. The third-order valence-corrected chi connectivity index (χ3v) is 5.26. The third-order valence-electron chi connectivity index (χ3n) is 5.26. The zero-order valence-electron chi connectivity index (χ0n) is 15.9. The van der Waals surface area contributed by atoms with Crippen LogP contribution in [-0.2, 0) is 7.05 Å². The maximum atomic E-state index is 12.4. The average Bonchev–Trinajstić information content (AvgIpc) is 3.03. The highest BCUT2D eigenvalue weighted by Gasteiger charge is 2.17. The summed E-state index contributed by atoms with van der Waals surface area (Å²) < 4.78 is 7.77. The maximum absolute atomic E-state index is 12.4. The van der Waals surface area contributed by atoms with Crippen molar-refractivity contribution in [2.45, 2.75) is 32.1 Å². The summed E-state index contributed by atoms with van der Waals surface area (Å²) in [6.07, 6.45) is 7.81. The van der Waals surface area contributed by atoms with Crippen molar-refractivity contribution in [3.05, 3.63) is 42.2 Å². The molecule has 0 spiro atoms. The van der Waals surface area contributed by atoms with E-state index in [1.54, 1.807) is 16.8 Å². The molecule has 146 valence electrons. The van der Waals surface area contributed by atoms with Crippen molar-refractivity contribution in [2.24, 2.45) is 13.0 Å². The first kappa shape index (κ1) is 18.3. The summed E-state index contributed by atoms with van der Waals surface area (Å²) in [5.74, 6) is 0.618. The number of rotatable bonds is 5. The number of fused-ring (bicyclic) bond motifs is 1. The maximum Gasteiger partial charge on any atom is 0.278 e. The minimum Gasteiger partial charge on any atom is -0.505 e. The Morgan fingerprint density at radius 3 is 2.89 bits per heavy atom. The van der Waals surface area contributed by atoms with Crippen LogP contribution in [-0.4, -0.2) is 32.4 Å². The Kier molecular flexibility index (Phi) is 5.14. The number of aromatic hydroxyl groups is 1. The van der Waals surface area contributed by atoms with Crippen LogP contribution in [0.1, 0.15) is 42.6 Å². The SMILES string of the molecule is Cn1nc(OCC2CCCCC2)c2ccc(NC(=O)c3ncccc3O)cc21. The Morgan fingerprint density at radius 2 is 2.11 bits per heavy atom. The molecular weight excluding hydrogens is 356 g/mol. The van der Waals surface area contributed by atoms with E-state index < -0.39 is 5.91 Å². The molecule has 1 amide bonds. The first-order valence-electron chi connectivity index (χ1n) is 9.66. The monoisotopic (exact) mass is 380 g/mol. The van der Waals surface area contributed by atoms with Gasteiger partial charge in [-0.1, -0.05) is 19.3 Å². The molecule has 0 radical (unpaired) electrons. The normalized spacial score (nSPS) is 14.9. The number of amides is 1. The van der Waals surface area contributed by atoms with Gasteiger partial charge in [0.1, 0.15) is 5.75 Å². The quantitative estimate of drug-likeness (QED) is 0.701. The van der Waals surface area contributed by atoms with Crippen LogP contribution in [0.15, 0.2) is 36.5 Å². The van der Waals surface area contributed by atoms with E-state index in [9.17, 15) is 9.90 Å². The van der Waals surface area contributed by atoms with Crippen molar-refractivity contribution in [3.8, 4) is 11.6 Å². The van der Waals surface area contributed by atoms with Crippen molar-refractivity contribution >= 4 is 22.5 Å². The minimum atomic E-state index is -0.464. The molecule has 7 heteroatoms. The predicted molar refractivity (Wildman–Crippen MR) is 107 cm³/mol. The molecule has 1 saturated carbocycles. The van der Waals surface area contributed by atoms with Crippen molar-refractivity contribution in [1.29, 1.82) is 0 Å². The first-order valence-corrected chi connectivity index (χ1v) is 9.66. The molecule has 3 aromatic rings. The first-order chi connectivity index (χ1) is 13.6. The lowest BCUT2D eigenvalue weighted by Gasteiger charge is -2.20. The van der Waals surface area contributed by atoms with Crippen LogP contribution in [0.5, 0.6) is 11.6 Å². The molecule has 4 rings (SSSR count). The van der Waals surface area contributed by atoms with Gasteiger partial charge in [-0.25, -0.2) is 4.98 Å². The lowest BCUT2D eigenvalue weighted by atomic mass is 9.90. The fourth-order valence-electron chi connectivity index (χ4n) is 3.72. The zero-order valence-corrected chi connectivity index (χ0v) is 15.9. The van der Waals surface area contributed by atoms with Gasteiger partial charge in [-0.2, -0.15) is 0 Å². The van der Waals surface area contributed by atoms with Crippen molar-refractivity contribution in [1.82, 2.24) is 14.8 Å². The number of benzene rings is 1. The fraction of sp³-hybridized carbons (Fsp3) is 0.381. The largest absolute Gasteiger partial charge is 0.505 e. The highest BCUT2D eigenvalue weighted by molar-refractivity contribution is 6.05. The van der Waals surface area contributed by atoms with Crippen molar-refractivity contribution in [2.75, 3.05) is 11.9 Å². The van der Waals surface area contributed by atoms with E-state index in [0.29, 0.717) is 24.1 Å². The van der Waals surface area contributed by atoms with Crippen molar-refractivity contribution < 1.29 is 14.6 Å². The molecule has 2 aromatic heterocycles. The highest BCUT2D eigenvalue weighted by Crippen LogP contribution is 2.29. The summed E-state index contributed by atoms with van der Waals surface area (Å²) >= 11 is 0. The van der Waals surface area contributed by atoms with Crippen LogP contribution in [0.2, 0.25) is 0 Å². The second-order valence-electron chi connectivity index (χ2n) is 7.30. The number of pyridine rings is 1. The topological polar surface area (TPSA) is 89.3 Å². The molecule has 0 saturated heterocycles. The molecule has 0 bridgehead atoms. The fourth-order valence-corrected chi connectivity index (χ4v) is 3.72. The van der Waals surface area contributed by atoms with Gasteiger partial charge in [0, 0.05) is 18.9 Å². The summed E-state index contributed by atoms with van der Waals surface area (Å²) in [4.78, 5) is 16.3. The standard InChI is InChI=1S/C21H24N4O3/c1-25-17-12-15(23-20(27)19-18(26)8-5-11-22-19)9-10-16(17)21(24-25)28-13-14-6-3-2-4-7-14/h5,8-12,14,26H,2-4,6-7,13H2,1H3,(H,23,27). The summed E-state index contributed by atoms with van der Waals surface area (Å²) in [6, 6.07) is 8.54. The van der Waals surface area contributed by atoms with Crippen molar-refractivity contribution in [3.63, 3.8) is 0 Å². The molecule has 1 aliphatic rings. The number of carbonyl (C=O) groups is 1. The number of nitrogens with one attached hydrogen (secondary N) is 1. The highest BCUT2D eigenvalue weighted by atomic mass is 16.5. The van der Waals surface area contributed by atoms with Gasteiger partial charge in [0.05, 0.1) is 17.5 Å². The molecule has 1 aromatic carbocycles. The van der Waals surface area contributed by atoms with Gasteiger partial charge in [-0.15, -0.1) is 5.10 Å². The summed E-state index contributed by atoms with van der Waals surface area (Å²) in [5.41, 5.74) is 1.45. The molecule has 2 heterocycles. The molecule has 2 N–H and O–H groups in total. The van der Waals surface area contributed by atoms with Gasteiger partial charge >= 0.3 is 0 Å². The number of aryl methyl sites for hydroxylation is 1. The van der Waals surface area contributed by atoms with Crippen LogP contribution in [0, 0.1) is 5.92 Å². The summed E-state index contributed by atoms with van der Waals surface area (Å²) in [7, 11) is 1.85. The van der Waals surface area contributed by atoms with Gasteiger partial charge in [0.2, 0.25) is 5.88 Å². The Bertz CT molecular complexity index is 992. The second kappa shape index (κ2) is 7.88. The molecule has 1 fully saturated rings. The molecule has 1 aliphatic carbocycles. The zero-order chi connectivity index (χ0) is 19.5. The minimum absolute atomic E-state index is 0.0101. The van der Waals surface area contributed by atoms with E-state index in [1.807, 2.05) is 19.2 Å². The number of ether oxygens (including phenoxy) is 1. The van der Waals surface area contributed by atoms with Gasteiger partial charge < -0.3 is 15.2 Å². The van der Waals surface area contributed by atoms with Gasteiger partial charge in [0.15, 0.2) is 5.69 Å². The van der Waals surface area contributed by atoms with Gasteiger partial charge in [0.25, 0.3) is 5.91 Å². The Morgan fingerprint density at radius 1 is 1.29 bits per heavy atom. The molecule has 0 atom stereocenters. The Balaban J connectivity index is 1.50. The average molecular weight is 380 g/mol. The second-order valence-corrected chi connectivity index (χ2v) is 7.30. The lowest BCUT2D eigenvalue weighted by Crippen LogP contribution is -2.15. The number of nitrogens with zero attached hydrogens (tertiary/aromatic N) is 3. The van der Waals surface area contributed by atoms with E-state index in [4.69, 9.17) is 4.74 Å². The third kappa shape index (κ3) is 3.78. The van der Waals surface area contributed by atoms with E-state index >= 15 is 0 Å². The van der Waals surface area contributed by atoms with E-state index in [2.05, 4.69) is 15.4 Å². The Hall–Kier alpha value is -3.09. The van der Waals surface area contributed by atoms with Crippen LogP contribution < -0.4 is 10.1 Å². The molecular formula is C21H24N4O3. The Labute approximate surface area is 163 Å². The van der Waals surface area contributed by atoms with Gasteiger partial charge in [-0.05, 0) is 49.1 Å². The molecule has 7 nitrogen and oxygen atoms in total. The number of anilines is 1. The lowest BCUT2D eigenvalue weighted by molar-refractivity contribution is 0.101. The van der Waals surface area contributed by atoms with Crippen LogP contribution >= 0.6 is 0 Å². The van der Waals surface area contributed by atoms with E-state index in [1.165, 1.54) is 44.4 Å². The van der Waals surface area contributed by atoms with Crippen LogP contribution in [0.3, 0.4) is 0 Å². The number of hydrogen-bond donors (Lipinski definition) is 2. The smallest absolute Gasteiger partial charge is 0.278 e. The number of carbonyl (C=O) groups excluding carboxylic acids is 1. The van der Waals surface area contributed by atoms with E-state index in [-0.39, 0.29) is 11.4 Å². The molecule has 0 aliphatic heterocycles. The number of hydrogen-bond acceptors (Lipinski definition) is 5. The van der Waals surface area contributed by atoms with E-state index in [0.717, 1.165) is 10.9 Å². The molecule has 0 unspecified atom stereocenters. The molecule has 28 heavy (non-hydrogen) atoms. The van der Waals surface area contributed by atoms with Crippen LogP contribution in [0.4, 0.5) is 5.69 Å². The summed E-state index contributed by atoms with van der Waals surface area (Å²) in [6.45, 7) is 0.698. The predicted octanol–water partition coefficient (Wildman–Crippen LogP) is 3.89.